The number of carbonyl (C=O) groups excluding carboxylic acids is 1. The number of aryl methyl sites for hydroxylation is 3. The zero-order chi connectivity index (χ0) is 31.4. The Bertz CT molecular complexity index is 1750. The largest absolute Gasteiger partial charge is 0.493 e. The van der Waals surface area contributed by atoms with Crippen LogP contribution in [0.15, 0.2) is 83.7 Å². The Labute approximate surface area is 267 Å². The van der Waals surface area contributed by atoms with Crippen LogP contribution in [0.1, 0.15) is 46.3 Å². The molecule has 4 aromatic rings. The number of allylic oxidation sites excluding steroid dienone is 1. The van der Waals surface area contributed by atoms with Crippen LogP contribution in [0.4, 0.5) is 5.95 Å². The van der Waals surface area contributed by atoms with Crippen molar-refractivity contribution >= 4 is 35.3 Å². The highest BCUT2D eigenvalue weighted by atomic mass is 35.5. The van der Waals surface area contributed by atoms with Crippen LogP contribution in [-0.4, -0.2) is 34.5 Å². The van der Waals surface area contributed by atoms with Crippen molar-refractivity contribution in [2.24, 2.45) is 0 Å². The van der Waals surface area contributed by atoms with Gasteiger partial charge in [-0.25, -0.2) is 9.48 Å². The molecule has 3 aromatic carbocycles. The fourth-order valence-corrected chi connectivity index (χ4v) is 6.15. The van der Waals surface area contributed by atoms with E-state index >= 15 is 0 Å². The molecule has 228 valence electrons. The van der Waals surface area contributed by atoms with Gasteiger partial charge in [0.15, 0.2) is 11.5 Å². The van der Waals surface area contributed by atoms with Crippen LogP contribution in [0.3, 0.4) is 0 Å². The number of thioether (sulfide) groups is 1. The van der Waals surface area contributed by atoms with Crippen molar-refractivity contribution in [1.29, 1.82) is 0 Å². The molecule has 1 atom stereocenters. The lowest BCUT2D eigenvalue weighted by atomic mass is 9.95. The summed E-state index contributed by atoms with van der Waals surface area (Å²) in [4.78, 5) is 18.1. The monoisotopic (exact) mass is 630 g/mol. The molecule has 0 radical (unpaired) electrons. The number of aromatic nitrogens is 3. The maximum absolute atomic E-state index is 13.4. The van der Waals surface area contributed by atoms with E-state index < -0.39 is 12.0 Å². The molecule has 0 saturated carbocycles. The van der Waals surface area contributed by atoms with Crippen molar-refractivity contribution in [3.63, 3.8) is 0 Å². The first kappa shape index (κ1) is 31.2. The molecule has 0 aliphatic carbocycles. The second-order valence-electron chi connectivity index (χ2n) is 10.6. The van der Waals surface area contributed by atoms with E-state index in [1.165, 1.54) is 34.5 Å². The van der Waals surface area contributed by atoms with Crippen molar-refractivity contribution < 1.29 is 19.0 Å². The Morgan fingerprint density at radius 2 is 1.82 bits per heavy atom. The lowest BCUT2D eigenvalue weighted by Gasteiger charge is -2.28. The molecular formula is C34H35ClN4O4S. The summed E-state index contributed by atoms with van der Waals surface area (Å²) in [5.41, 5.74) is 7.52. The predicted octanol–water partition coefficient (Wildman–Crippen LogP) is 7.75. The number of esters is 1. The van der Waals surface area contributed by atoms with Crippen molar-refractivity contribution in [2.75, 3.05) is 19.0 Å². The topological polar surface area (TPSA) is 87.5 Å². The van der Waals surface area contributed by atoms with Crippen LogP contribution in [-0.2, 0) is 21.9 Å². The number of hydrogen-bond donors (Lipinski definition) is 1. The highest BCUT2D eigenvalue weighted by Gasteiger charge is 2.36. The Kier molecular flexibility index (Phi) is 9.66. The second kappa shape index (κ2) is 13.6. The number of nitrogens with zero attached hydrogens (tertiary/aromatic N) is 3. The summed E-state index contributed by atoms with van der Waals surface area (Å²) in [6.07, 6.45) is 1.54. The molecule has 0 fully saturated rings. The molecule has 44 heavy (non-hydrogen) atoms. The quantitative estimate of drug-likeness (QED) is 0.102. The van der Waals surface area contributed by atoms with Crippen LogP contribution in [0.2, 0.25) is 5.02 Å². The van der Waals surface area contributed by atoms with E-state index in [0.717, 1.165) is 16.7 Å². The predicted molar refractivity (Wildman–Crippen MR) is 175 cm³/mol. The van der Waals surface area contributed by atoms with Crippen molar-refractivity contribution in [3.8, 4) is 11.5 Å². The lowest BCUT2D eigenvalue weighted by Crippen LogP contribution is -2.29. The standard InChI is InChI=1S/C34H35ClN4O4S/c1-7-14-42-32(40)30-23(5)36-33-37-34(44-19-25-10-8-9-11-27(25)35)38-39(33)31(30)24-12-13-28(29(17-24)41-6)43-18-26-16-21(3)20(2)15-22(26)4/h7-13,15-17,31H,1,14,18-19H2,2-6H3,(H,36,37,38). The van der Waals surface area contributed by atoms with Gasteiger partial charge in [0.25, 0.3) is 0 Å². The zero-order valence-electron chi connectivity index (χ0n) is 25.4. The van der Waals surface area contributed by atoms with Gasteiger partial charge in [0.05, 0.1) is 12.7 Å². The third kappa shape index (κ3) is 6.64. The van der Waals surface area contributed by atoms with E-state index in [2.05, 4.69) is 44.8 Å². The Hall–Kier alpha value is -4.21. The van der Waals surface area contributed by atoms with Gasteiger partial charge in [-0.15, -0.1) is 5.10 Å². The van der Waals surface area contributed by atoms with E-state index in [4.69, 9.17) is 35.9 Å². The van der Waals surface area contributed by atoms with Crippen molar-refractivity contribution in [2.45, 2.75) is 51.3 Å². The summed E-state index contributed by atoms with van der Waals surface area (Å²) >= 11 is 7.83. The molecule has 8 nitrogen and oxygen atoms in total. The number of fused-ring (bicyclic) bond motifs is 1. The van der Waals surface area contributed by atoms with Crippen LogP contribution in [0.5, 0.6) is 11.5 Å². The first-order valence-electron chi connectivity index (χ1n) is 14.2. The van der Waals surface area contributed by atoms with E-state index in [1.807, 2.05) is 49.4 Å². The number of anilines is 1. The Balaban J connectivity index is 1.48. The lowest BCUT2D eigenvalue weighted by molar-refractivity contribution is -0.138. The summed E-state index contributed by atoms with van der Waals surface area (Å²) in [5, 5.41) is 9.27. The minimum atomic E-state index is -0.629. The number of carbonyl (C=O) groups is 1. The number of methoxy groups -OCH3 is 1. The summed E-state index contributed by atoms with van der Waals surface area (Å²) in [7, 11) is 1.60. The Morgan fingerprint density at radius 1 is 1.05 bits per heavy atom. The average Bonchev–Trinajstić information content (AvgIpc) is 3.42. The molecule has 1 unspecified atom stereocenters. The van der Waals surface area contributed by atoms with Crippen molar-refractivity contribution in [3.05, 3.63) is 117 Å². The first-order valence-corrected chi connectivity index (χ1v) is 15.5. The summed E-state index contributed by atoms with van der Waals surface area (Å²) in [6, 6.07) is 17.0. The SMILES string of the molecule is C=CCOC(=O)C1=C(C)Nc2nc(SCc3ccccc3Cl)nn2C1c1ccc(OCc2cc(C)c(C)cc2C)c(OC)c1. The van der Waals surface area contributed by atoms with E-state index in [0.29, 0.717) is 51.3 Å². The fraction of sp³-hybridized carbons (Fsp3) is 0.265. The third-order valence-electron chi connectivity index (χ3n) is 7.54. The normalized spacial score (nSPS) is 14.1. The number of ether oxygens (including phenoxy) is 3. The molecule has 1 aliphatic rings. The minimum Gasteiger partial charge on any atom is -0.493 e. The van der Waals surface area contributed by atoms with Gasteiger partial charge in [-0.05, 0) is 79.3 Å². The third-order valence-corrected chi connectivity index (χ3v) is 8.79. The number of halogens is 1. The zero-order valence-corrected chi connectivity index (χ0v) is 27.0. The molecule has 10 heteroatoms. The Morgan fingerprint density at radius 3 is 2.57 bits per heavy atom. The van der Waals surface area contributed by atoms with Gasteiger partial charge in [-0.1, -0.05) is 72.4 Å². The second-order valence-corrected chi connectivity index (χ2v) is 11.9. The molecular weight excluding hydrogens is 596 g/mol. The van der Waals surface area contributed by atoms with Crippen LogP contribution >= 0.6 is 23.4 Å². The summed E-state index contributed by atoms with van der Waals surface area (Å²) in [5.74, 6) is 1.76. The van der Waals surface area contributed by atoms with Crippen LogP contribution < -0.4 is 14.8 Å². The number of nitrogens with one attached hydrogen (secondary N) is 1. The maximum atomic E-state index is 13.4. The van der Waals surface area contributed by atoms with Gasteiger partial charge in [-0.3, -0.25) is 0 Å². The molecule has 1 aliphatic heterocycles. The fourth-order valence-electron chi connectivity index (χ4n) is 5.04. The molecule has 0 amide bonds. The number of rotatable bonds is 11. The first-order chi connectivity index (χ1) is 21.2. The van der Waals surface area contributed by atoms with Gasteiger partial charge in [0.1, 0.15) is 19.3 Å². The number of benzene rings is 3. The molecule has 0 saturated heterocycles. The molecule has 0 spiro atoms. The van der Waals surface area contributed by atoms with Gasteiger partial charge in [-0.2, -0.15) is 4.98 Å². The van der Waals surface area contributed by atoms with Gasteiger partial charge < -0.3 is 19.5 Å². The van der Waals surface area contributed by atoms with Gasteiger partial charge in [0, 0.05) is 16.5 Å². The van der Waals surface area contributed by atoms with E-state index in [1.54, 1.807) is 11.8 Å². The highest BCUT2D eigenvalue weighted by Crippen LogP contribution is 2.40. The molecule has 2 heterocycles. The van der Waals surface area contributed by atoms with Crippen LogP contribution in [0.25, 0.3) is 0 Å². The molecule has 0 bridgehead atoms. The minimum absolute atomic E-state index is 0.0828. The van der Waals surface area contributed by atoms with E-state index in [-0.39, 0.29) is 6.61 Å². The molecule has 5 rings (SSSR count). The smallest absolute Gasteiger partial charge is 0.338 e. The van der Waals surface area contributed by atoms with Crippen molar-refractivity contribution in [1.82, 2.24) is 14.8 Å². The van der Waals surface area contributed by atoms with Crippen LogP contribution in [0, 0.1) is 20.8 Å². The van der Waals surface area contributed by atoms with E-state index in [9.17, 15) is 4.79 Å². The highest BCUT2D eigenvalue weighted by molar-refractivity contribution is 7.98. The van der Waals surface area contributed by atoms with Gasteiger partial charge >= 0.3 is 5.97 Å². The summed E-state index contributed by atoms with van der Waals surface area (Å²) < 4.78 is 19.2. The van der Waals surface area contributed by atoms with Gasteiger partial charge in [0.2, 0.25) is 11.1 Å². The maximum Gasteiger partial charge on any atom is 0.338 e. The molecule has 1 N–H and O–H groups in total. The number of hydrogen-bond acceptors (Lipinski definition) is 8. The molecule has 1 aromatic heterocycles. The summed E-state index contributed by atoms with van der Waals surface area (Å²) in [6.45, 7) is 12.3. The average molecular weight is 631 g/mol.